The molecule has 1 aromatic carbocycles. The van der Waals surface area contributed by atoms with Crippen molar-refractivity contribution < 1.29 is 23.6 Å². The molecule has 1 N–H and O–H groups in total. The Morgan fingerprint density at radius 3 is 2.30 bits per heavy atom. The van der Waals surface area contributed by atoms with Gasteiger partial charge in [-0.25, -0.2) is 0 Å². The van der Waals surface area contributed by atoms with Crippen molar-refractivity contribution in [3.05, 3.63) is 30.0 Å². The largest absolute Gasteiger partial charge is 1.00 e. The van der Waals surface area contributed by atoms with E-state index in [4.69, 9.17) is 10.5 Å². The van der Waals surface area contributed by atoms with Crippen molar-refractivity contribution in [3.8, 4) is 5.75 Å². The van der Waals surface area contributed by atoms with Crippen molar-refractivity contribution in [3.63, 3.8) is 0 Å². The summed E-state index contributed by atoms with van der Waals surface area (Å²) in [7, 11) is 1.56. The van der Waals surface area contributed by atoms with Crippen LogP contribution in [0.15, 0.2) is 24.3 Å². The Balaban J connectivity index is 0.000000810. The molecule has 3 heteroatoms. The Kier molecular flexibility index (Phi) is 4.02. The molecule has 0 bridgehead atoms. The van der Waals surface area contributed by atoms with Crippen molar-refractivity contribution in [1.29, 1.82) is 0 Å². The number of nitrogens with one attached hydrogen (secondary N) is 1. The Bertz CT molecular complexity index is 203. The fourth-order valence-corrected chi connectivity index (χ4v) is 0.645. The molecule has 0 atom stereocenters. The first-order valence-electron chi connectivity index (χ1n) is 2.69. The number of hydrogen-bond donors (Lipinski definition) is 0. The second kappa shape index (κ2) is 4.27. The van der Waals surface area contributed by atoms with Gasteiger partial charge >= 0.3 is 18.9 Å². The molecule has 0 amide bonds. The zero-order valence-corrected chi connectivity index (χ0v) is 6.22. The molecule has 0 saturated carbocycles. The maximum atomic E-state index is 7.25. The molecule has 0 saturated heterocycles. The molecule has 0 aliphatic carbocycles. The van der Waals surface area contributed by atoms with Crippen LogP contribution in [0.25, 0.3) is 5.73 Å². The standard InChI is InChI=1S/C7H8NO.Li/c1-9-7-5-3-2-4-6(7)8;/h2-5,8H,1H3;/q-1;+1. The molecule has 10 heavy (non-hydrogen) atoms. The fourth-order valence-electron chi connectivity index (χ4n) is 0.645. The van der Waals surface area contributed by atoms with E-state index < -0.39 is 0 Å². The number of para-hydroxylation sites is 1. The molecular weight excluding hydrogens is 121 g/mol. The van der Waals surface area contributed by atoms with Crippen LogP contribution in [0, 0.1) is 0 Å². The SMILES string of the molecule is COc1ccccc1[NH-].[Li+]. The molecule has 1 rings (SSSR count). The molecule has 1 aromatic rings. The third-order valence-electron chi connectivity index (χ3n) is 1.11. The van der Waals surface area contributed by atoms with E-state index in [-0.39, 0.29) is 18.9 Å². The van der Waals surface area contributed by atoms with Crippen LogP contribution in [-0.2, 0) is 0 Å². The van der Waals surface area contributed by atoms with Gasteiger partial charge in [0, 0.05) is 0 Å². The van der Waals surface area contributed by atoms with Gasteiger partial charge in [-0.3, -0.25) is 0 Å². The summed E-state index contributed by atoms with van der Waals surface area (Å²) in [5.74, 6) is 0.623. The Labute approximate surface area is 72.5 Å². The van der Waals surface area contributed by atoms with Crippen molar-refractivity contribution in [2.45, 2.75) is 0 Å². The van der Waals surface area contributed by atoms with E-state index in [1.807, 2.05) is 12.1 Å². The quantitative estimate of drug-likeness (QED) is 0.465. The predicted octanol–water partition coefficient (Wildman–Crippen LogP) is -0.617. The number of hydrogen-bond acceptors (Lipinski definition) is 1. The second-order valence-electron chi connectivity index (χ2n) is 1.70. The minimum Gasteiger partial charge on any atom is -0.696 e. The van der Waals surface area contributed by atoms with E-state index in [9.17, 15) is 0 Å². The fraction of sp³-hybridized carbons (Fsp3) is 0.143. The molecule has 0 radical (unpaired) electrons. The second-order valence-corrected chi connectivity index (χ2v) is 1.70. The molecule has 0 aliphatic heterocycles. The topological polar surface area (TPSA) is 33.0 Å². The van der Waals surface area contributed by atoms with E-state index in [2.05, 4.69) is 0 Å². The van der Waals surface area contributed by atoms with Crippen molar-refractivity contribution in [2.24, 2.45) is 0 Å². The van der Waals surface area contributed by atoms with Crippen LogP contribution >= 0.6 is 0 Å². The molecule has 0 unspecified atom stereocenters. The van der Waals surface area contributed by atoms with Gasteiger partial charge < -0.3 is 10.5 Å². The van der Waals surface area contributed by atoms with Gasteiger partial charge in [0.15, 0.2) is 0 Å². The number of methoxy groups -OCH3 is 1. The summed E-state index contributed by atoms with van der Waals surface area (Å²) in [6.07, 6.45) is 0. The summed E-state index contributed by atoms with van der Waals surface area (Å²) in [6, 6.07) is 7.11. The minimum absolute atomic E-state index is 0. The third kappa shape index (κ3) is 1.98. The minimum atomic E-state index is 0. The van der Waals surface area contributed by atoms with Gasteiger partial charge in [0.05, 0.1) is 7.11 Å². The molecule has 0 spiro atoms. The first-order valence-corrected chi connectivity index (χ1v) is 2.69. The van der Waals surface area contributed by atoms with Crippen LogP contribution in [0.4, 0.5) is 5.69 Å². The maximum absolute atomic E-state index is 7.25. The smallest absolute Gasteiger partial charge is 0.696 e. The van der Waals surface area contributed by atoms with Crippen molar-refractivity contribution in [1.82, 2.24) is 0 Å². The molecule has 0 aromatic heterocycles. The van der Waals surface area contributed by atoms with Crippen LogP contribution in [-0.4, -0.2) is 7.11 Å². The molecule has 0 aliphatic rings. The first kappa shape index (κ1) is 9.42. The van der Waals surface area contributed by atoms with Crippen LogP contribution in [0.2, 0.25) is 0 Å². The van der Waals surface area contributed by atoms with Gasteiger partial charge in [-0.1, -0.05) is 23.9 Å². The van der Waals surface area contributed by atoms with Crippen LogP contribution in [0.5, 0.6) is 5.75 Å². The summed E-state index contributed by atoms with van der Waals surface area (Å²) < 4.78 is 4.86. The normalized spacial score (nSPS) is 8.10. The Morgan fingerprint density at radius 2 is 1.90 bits per heavy atom. The van der Waals surface area contributed by atoms with E-state index in [0.717, 1.165) is 0 Å². The van der Waals surface area contributed by atoms with Crippen LogP contribution in [0.3, 0.4) is 0 Å². The average Bonchev–Trinajstić information content (AvgIpc) is 1.89. The Hall–Kier alpha value is -0.583. The maximum Gasteiger partial charge on any atom is 1.00 e. The molecule has 0 fully saturated rings. The monoisotopic (exact) mass is 129 g/mol. The third-order valence-corrected chi connectivity index (χ3v) is 1.11. The Morgan fingerprint density at radius 1 is 1.30 bits per heavy atom. The molecular formula is C7H8LiNO. The molecule has 2 nitrogen and oxygen atoms in total. The average molecular weight is 129 g/mol. The van der Waals surface area contributed by atoms with Gasteiger partial charge in [-0.15, -0.1) is 0 Å². The first-order chi connectivity index (χ1) is 4.34. The molecule has 0 heterocycles. The number of rotatable bonds is 1. The van der Waals surface area contributed by atoms with Gasteiger partial charge in [-0.05, 0) is 6.07 Å². The summed E-state index contributed by atoms with van der Waals surface area (Å²) >= 11 is 0. The number of ether oxygens (including phenoxy) is 1. The van der Waals surface area contributed by atoms with Crippen LogP contribution < -0.4 is 23.6 Å². The predicted molar refractivity (Wildman–Crippen MR) is 37.0 cm³/mol. The number of benzene rings is 1. The summed E-state index contributed by atoms with van der Waals surface area (Å²) in [5, 5.41) is 0. The molecule has 48 valence electrons. The van der Waals surface area contributed by atoms with Gasteiger partial charge in [0.1, 0.15) is 5.75 Å². The summed E-state index contributed by atoms with van der Waals surface area (Å²) in [4.78, 5) is 0. The summed E-state index contributed by atoms with van der Waals surface area (Å²) in [6.45, 7) is 0. The van der Waals surface area contributed by atoms with Crippen molar-refractivity contribution >= 4 is 5.69 Å². The van der Waals surface area contributed by atoms with Gasteiger partial charge in [-0.2, -0.15) is 0 Å². The van der Waals surface area contributed by atoms with Gasteiger partial charge in [0.25, 0.3) is 0 Å². The zero-order valence-electron chi connectivity index (χ0n) is 6.22. The summed E-state index contributed by atoms with van der Waals surface area (Å²) in [5.41, 5.74) is 7.68. The van der Waals surface area contributed by atoms with E-state index in [1.165, 1.54) is 0 Å². The van der Waals surface area contributed by atoms with Gasteiger partial charge in [0.2, 0.25) is 0 Å². The van der Waals surface area contributed by atoms with E-state index in [1.54, 1.807) is 19.2 Å². The van der Waals surface area contributed by atoms with Crippen molar-refractivity contribution in [2.75, 3.05) is 7.11 Å². The van der Waals surface area contributed by atoms with E-state index >= 15 is 0 Å². The van der Waals surface area contributed by atoms with Crippen LogP contribution in [0.1, 0.15) is 0 Å². The zero-order chi connectivity index (χ0) is 6.69. The van der Waals surface area contributed by atoms with E-state index in [0.29, 0.717) is 11.4 Å².